The van der Waals surface area contributed by atoms with Crippen molar-refractivity contribution in [1.29, 1.82) is 0 Å². The van der Waals surface area contributed by atoms with E-state index in [1.54, 1.807) is 23.1 Å². The minimum atomic E-state index is -3.51. The van der Waals surface area contributed by atoms with Crippen LogP contribution in [0.15, 0.2) is 241 Å². The first-order valence-corrected chi connectivity index (χ1v) is 26.0. The van der Waals surface area contributed by atoms with Gasteiger partial charge in [0.05, 0.1) is 9.67 Å². The lowest BCUT2D eigenvalue weighted by molar-refractivity contribution is -0.384. The van der Waals surface area contributed by atoms with Gasteiger partial charge in [0.15, 0.2) is 6.10 Å². The number of hydrogen-bond acceptors (Lipinski definition) is 9. The zero-order chi connectivity index (χ0) is 49.7. The third-order valence-electron chi connectivity index (χ3n) is 12.9. The predicted molar refractivity (Wildman–Crippen MR) is 285 cm³/mol. The molecule has 0 saturated carbocycles. The summed E-state index contributed by atoms with van der Waals surface area (Å²) >= 11 is 1.48. The minimum Gasteiger partial charge on any atom is -0.457 e. The number of thioether (sulfide) groups is 1. The van der Waals surface area contributed by atoms with Gasteiger partial charge in [0, 0.05) is 31.3 Å². The first kappa shape index (κ1) is 47.4. The lowest BCUT2D eigenvalue weighted by atomic mass is 9.84. The third-order valence-corrected chi connectivity index (χ3v) is 19.0. The number of nitrogens with zero attached hydrogens (tertiary/aromatic N) is 2. The van der Waals surface area contributed by atoms with E-state index in [-0.39, 0.29) is 23.5 Å². The molecule has 1 amide bonds. The van der Waals surface area contributed by atoms with Crippen molar-refractivity contribution in [3.05, 3.63) is 275 Å². The molecule has 1 fully saturated rings. The number of ether oxygens (including phenoxy) is 2. The summed E-state index contributed by atoms with van der Waals surface area (Å²) in [4.78, 5) is 58.7. The van der Waals surface area contributed by atoms with E-state index in [4.69, 9.17) is 13.9 Å². The van der Waals surface area contributed by atoms with Crippen LogP contribution < -0.4 is 15.9 Å². The molecule has 1 aliphatic rings. The number of hydrogen-bond donors (Lipinski definition) is 0. The fraction of sp³-hybridized carbons (Fsp3) is 0.100. The monoisotopic (exact) mass is 986 g/mol. The van der Waals surface area contributed by atoms with Crippen LogP contribution in [-0.2, 0) is 35.2 Å². The van der Waals surface area contributed by atoms with Crippen LogP contribution in [-0.4, -0.2) is 38.5 Å². The molecule has 3 atom stereocenters. The normalized spacial score (nSPS) is 15.0. The maximum atomic E-state index is 16.3. The van der Waals surface area contributed by atoms with Crippen molar-refractivity contribution in [2.24, 2.45) is 5.92 Å². The van der Waals surface area contributed by atoms with Gasteiger partial charge < -0.3 is 13.9 Å². The molecular formula is C60H47N2O8PS. The van der Waals surface area contributed by atoms with Crippen LogP contribution in [0.2, 0.25) is 0 Å². The number of carbonyl (C=O) groups is 3. The first-order valence-electron chi connectivity index (χ1n) is 23.4. The Balaban J connectivity index is 1.30. The van der Waals surface area contributed by atoms with Crippen molar-refractivity contribution in [2.45, 2.75) is 29.8 Å². The van der Waals surface area contributed by atoms with Gasteiger partial charge in [0.1, 0.15) is 34.7 Å². The molecule has 2 heterocycles. The highest BCUT2D eigenvalue weighted by Gasteiger charge is 2.61. The van der Waals surface area contributed by atoms with E-state index in [1.165, 1.54) is 30.8 Å². The van der Waals surface area contributed by atoms with Crippen molar-refractivity contribution >= 4 is 74.5 Å². The Hall–Kier alpha value is -8.24. The SMILES string of the molecule is CC(=O)OC(c1cc2ccccc2o1)C1C(=O)N(C(C(=O)OCc2ccc([N+](=O)[O-])cc2)=P(c2ccccc2)(c2ccccc2)c2ccccc2)C1SC(c1ccccc1)(c1ccccc1)c1ccccc1. The van der Waals surface area contributed by atoms with Crippen LogP contribution in [0.3, 0.4) is 0 Å². The van der Waals surface area contributed by atoms with Crippen molar-refractivity contribution in [1.82, 2.24) is 4.90 Å². The van der Waals surface area contributed by atoms with Gasteiger partial charge in [0.2, 0.25) is 5.91 Å². The molecule has 1 aliphatic heterocycles. The van der Waals surface area contributed by atoms with Crippen LogP contribution in [0, 0.1) is 16.0 Å². The molecule has 0 aliphatic carbocycles. The van der Waals surface area contributed by atoms with Gasteiger partial charge >= 0.3 is 11.9 Å². The fourth-order valence-corrected chi connectivity index (χ4v) is 16.1. The number of likely N-dealkylation sites (tertiary alicyclic amines) is 1. The minimum absolute atomic E-state index is 0.0982. The molecule has 1 aromatic heterocycles. The Morgan fingerprint density at radius 1 is 0.653 bits per heavy atom. The number of non-ortho nitro benzene ring substituents is 1. The molecule has 0 N–H and O–H groups in total. The van der Waals surface area contributed by atoms with Crippen LogP contribution in [0.5, 0.6) is 0 Å². The van der Waals surface area contributed by atoms with Crippen LogP contribution in [0.4, 0.5) is 5.69 Å². The molecule has 10 nitrogen and oxygen atoms in total. The van der Waals surface area contributed by atoms with E-state index in [1.807, 2.05) is 170 Å². The predicted octanol–water partition coefficient (Wildman–Crippen LogP) is 11.3. The number of rotatable bonds is 16. The van der Waals surface area contributed by atoms with Gasteiger partial charge in [0.25, 0.3) is 5.69 Å². The first-order chi connectivity index (χ1) is 35.2. The third kappa shape index (κ3) is 8.82. The fourth-order valence-electron chi connectivity index (χ4n) is 9.74. The van der Waals surface area contributed by atoms with Crippen molar-refractivity contribution < 1.29 is 33.2 Å². The van der Waals surface area contributed by atoms with E-state index in [9.17, 15) is 14.9 Å². The highest BCUT2D eigenvalue weighted by molar-refractivity contribution is 8.01. The van der Waals surface area contributed by atoms with Crippen LogP contribution >= 0.6 is 18.6 Å². The van der Waals surface area contributed by atoms with Crippen LogP contribution in [0.1, 0.15) is 41.0 Å². The van der Waals surface area contributed by atoms with Gasteiger partial charge in [-0.05, 0) is 62.4 Å². The quantitative estimate of drug-likeness (QED) is 0.0232. The van der Waals surface area contributed by atoms with Crippen molar-refractivity contribution in [2.75, 3.05) is 0 Å². The largest absolute Gasteiger partial charge is 0.457 e. The summed E-state index contributed by atoms with van der Waals surface area (Å²) in [6.07, 6.45) is -1.24. The number of β-lactam (4-membered cyclic amide) rings is 1. The maximum absolute atomic E-state index is 16.3. The molecule has 0 spiro atoms. The van der Waals surface area contributed by atoms with E-state index in [0.717, 1.165) is 38.0 Å². The molecule has 10 rings (SSSR count). The number of benzene rings is 8. The summed E-state index contributed by atoms with van der Waals surface area (Å²) in [5, 5.41) is 13.8. The molecule has 356 valence electrons. The van der Waals surface area contributed by atoms with Gasteiger partial charge in [-0.3, -0.25) is 24.6 Å². The number of para-hydroxylation sites is 1. The molecule has 1 saturated heterocycles. The number of esters is 2. The molecule has 9 aromatic rings. The number of furan rings is 1. The Bertz CT molecular complexity index is 3200. The highest BCUT2D eigenvalue weighted by atomic mass is 32.2. The van der Waals surface area contributed by atoms with Crippen molar-refractivity contribution in [3.63, 3.8) is 0 Å². The average molecular weight is 987 g/mol. The second-order valence-electron chi connectivity index (χ2n) is 17.2. The van der Waals surface area contributed by atoms with E-state index < -0.39 is 51.8 Å². The summed E-state index contributed by atoms with van der Waals surface area (Å²) in [5.41, 5.74) is 3.74. The zero-order valence-corrected chi connectivity index (χ0v) is 40.7. The van der Waals surface area contributed by atoms with E-state index in [2.05, 4.69) is 36.4 Å². The van der Waals surface area contributed by atoms with Crippen molar-refractivity contribution in [3.8, 4) is 0 Å². The van der Waals surface area contributed by atoms with E-state index in [0.29, 0.717) is 11.1 Å². The lowest BCUT2D eigenvalue weighted by Gasteiger charge is -2.53. The molecule has 12 heteroatoms. The van der Waals surface area contributed by atoms with Gasteiger partial charge in [-0.25, -0.2) is 4.79 Å². The zero-order valence-electron chi connectivity index (χ0n) is 39.0. The van der Waals surface area contributed by atoms with Gasteiger partial charge in [-0.1, -0.05) is 200 Å². The Labute approximate surface area is 421 Å². The smallest absolute Gasteiger partial charge is 0.356 e. The van der Waals surface area contributed by atoms with Gasteiger partial charge in [-0.15, -0.1) is 11.8 Å². The molecule has 8 aromatic carbocycles. The maximum Gasteiger partial charge on any atom is 0.356 e. The van der Waals surface area contributed by atoms with Crippen LogP contribution in [0.25, 0.3) is 11.0 Å². The Morgan fingerprint density at radius 3 is 1.54 bits per heavy atom. The summed E-state index contributed by atoms with van der Waals surface area (Å²) in [5.74, 6) is -2.74. The molecule has 72 heavy (non-hydrogen) atoms. The number of nitro benzene ring substituents is 1. The highest BCUT2D eigenvalue weighted by Crippen LogP contribution is 2.59. The summed E-state index contributed by atoms with van der Waals surface area (Å²) in [6.45, 7) is -2.46. The summed E-state index contributed by atoms with van der Waals surface area (Å²) in [7, 11) is 0. The number of carbonyl (C=O) groups excluding carboxylic acids is 3. The van der Waals surface area contributed by atoms with Gasteiger partial charge in [-0.2, -0.15) is 0 Å². The molecule has 0 radical (unpaired) electrons. The average Bonchev–Trinajstić information content (AvgIpc) is 3.87. The summed E-state index contributed by atoms with van der Waals surface area (Å²) < 4.78 is 18.2. The second-order valence-corrected chi connectivity index (χ2v) is 21.9. The van der Waals surface area contributed by atoms with E-state index >= 15 is 9.59 Å². The second kappa shape index (κ2) is 20.6. The Kier molecular flexibility index (Phi) is 13.6. The number of nitro groups is 1. The molecular weight excluding hydrogens is 940 g/mol. The molecule has 0 bridgehead atoms. The number of fused-ring (bicyclic) bond motifs is 1. The lowest BCUT2D eigenvalue weighted by Crippen LogP contribution is -2.67. The Morgan fingerprint density at radius 2 is 1.10 bits per heavy atom. The topological polar surface area (TPSA) is 129 Å². The molecule has 3 unspecified atom stereocenters. The number of amides is 1. The summed E-state index contributed by atoms with van der Waals surface area (Å²) in [6, 6.07) is 74.4. The standard InChI is InChI=1S/C60H47N2O8PS/c1-42(63)69-55(53-40-44-22-20-21-35-52(44)70-53)54-56(64)61(58(54)72-60(45-23-8-2-9-24-45,46-25-10-3-11-26-46)47-27-12-4-13-28-47)57(59(65)68-41-43-36-38-48(39-37-43)62(66)67)71(49-29-14-5-15-30-49,50-31-16-6-17-32-50)51-33-18-7-19-34-51/h2-40,54-55,58H,41H2,1H3.